The highest BCUT2D eigenvalue weighted by atomic mass is 19.1. The van der Waals surface area contributed by atoms with Crippen molar-refractivity contribution in [2.75, 3.05) is 11.9 Å². The number of nitrogens with zero attached hydrogens (tertiary/aromatic N) is 4. The van der Waals surface area contributed by atoms with Crippen LogP contribution < -0.4 is 15.8 Å². The Balaban J connectivity index is 1.92. The average molecular weight is 358 g/mol. The van der Waals surface area contributed by atoms with Gasteiger partial charge in [-0.1, -0.05) is 5.16 Å². The number of aromatic nitrogens is 3. The molecule has 3 aromatic rings. The first-order valence-corrected chi connectivity index (χ1v) is 8.04. The molecule has 1 atom stereocenters. The zero-order chi connectivity index (χ0) is 18.7. The maximum absolute atomic E-state index is 13.7. The Morgan fingerprint density at radius 3 is 3.00 bits per heavy atom. The van der Waals surface area contributed by atoms with Gasteiger partial charge < -0.3 is 21.0 Å². The second-order valence-corrected chi connectivity index (χ2v) is 5.61. The Hall–Kier alpha value is -3.36. The number of hydrogen-bond acceptors (Lipinski definition) is 6. The van der Waals surface area contributed by atoms with E-state index in [0.29, 0.717) is 34.9 Å². The van der Waals surface area contributed by atoms with E-state index in [-0.39, 0.29) is 17.7 Å². The number of nitrogens with two attached hydrogens (primary N) is 1. The van der Waals surface area contributed by atoms with E-state index in [1.54, 1.807) is 18.3 Å². The number of rotatable bonds is 6. The third-order valence-electron chi connectivity index (χ3n) is 3.86. The van der Waals surface area contributed by atoms with Gasteiger partial charge in [0.05, 0.1) is 24.4 Å². The highest BCUT2D eigenvalue weighted by molar-refractivity contribution is 6.02. The fourth-order valence-electron chi connectivity index (χ4n) is 2.63. The molecule has 9 heteroatoms. The third kappa shape index (κ3) is 3.37. The van der Waals surface area contributed by atoms with Crippen LogP contribution in [0.5, 0.6) is 5.75 Å². The largest absolute Gasteiger partial charge is 0.494 e. The first-order valence-electron chi connectivity index (χ1n) is 8.04. The summed E-state index contributed by atoms with van der Waals surface area (Å²) in [5, 5.41) is 19.2. The average Bonchev–Trinajstić information content (AvgIpc) is 3.06. The van der Waals surface area contributed by atoms with E-state index >= 15 is 0 Å². The van der Waals surface area contributed by atoms with Crippen LogP contribution in [-0.2, 0) is 0 Å². The number of oxime groups is 1. The van der Waals surface area contributed by atoms with Crippen molar-refractivity contribution in [1.29, 1.82) is 0 Å². The molecular weight excluding hydrogens is 339 g/mol. The second-order valence-electron chi connectivity index (χ2n) is 5.61. The van der Waals surface area contributed by atoms with Gasteiger partial charge in [0, 0.05) is 11.8 Å². The molecule has 0 radical (unpaired) electrons. The number of halogens is 1. The summed E-state index contributed by atoms with van der Waals surface area (Å²) >= 11 is 0. The molecule has 0 saturated carbocycles. The van der Waals surface area contributed by atoms with Gasteiger partial charge in [-0.05, 0) is 38.1 Å². The third-order valence-corrected chi connectivity index (χ3v) is 3.86. The lowest BCUT2D eigenvalue weighted by Gasteiger charge is -2.18. The van der Waals surface area contributed by atoms with Crippen LogP contribution in [0.15, 0.2) is 41.8 Å². The van der Waals surface area contributed by atoms with Crippen molar-refractivity contribution in [3.63, 3.8) is 0 Å². The van der Waals surface area contributed by atoms with E-state index in [2.05, 4.69) is 20.6 Å². The van der Waals surface area contributed by atoms with E-state index in [9.17, 15) is 4.39 Å². The molecule has 26 heavy (non-hydrogen) atoms. The zero-order valence-corrected chi connectivity index (χ0v) is 14.3. The molecule has 4 N–H and O–H groups in total. The Kier molecular flexibility index (Phi) is 4.87. The molecule has 0 bridgehead atoms. The molecule has 3 rings (SSSR count). The highest BCUT2D eigenvalue weighted by Gasteiger charge is 2.15. The van der Waals surface area contributed by atoms with Crippen LogP contribution in [-0.4, -0.2) is 32.2 Å². The maximum Gasteiger partial charge on any atom is 0.175 e. The number of fused-ring (bicyclic) bond motifs is 1. The fourth-order valence-corrected chi connectivity index (χ4v) is 2.63. The summed E-state index contributed by atoms with van der Waals surface area (Å²) in [5.41, 5.74) is 7.16. The van der Waals surface area contributed by atoms with Gasteiger partial charge in [-0.15, -0.1) is 0 Å². The summed E-state index contributed by atoms with van der Waals surface area (Å²) in [7, 11) is 0. The number of ether oxygens (including phenoxy) is 1. The summed E-state index contributed by atoms with van der Waals surface area (Å²) < 4.78 is 20.8. The lowest BCUT2D eigenvalue weighted by molar-refractivity contribution is 0.318. The Morgan fingerprint density at radius 2 is 2.27 bits per heavy atom. The van der Waals surface area contributed by atoms with Gasteiger partial charge in [0.2, 0.25) is 0 Å². The van der Waals surface area contributed by atoms with Crippen molar-refractivity contribution in [3.8, 4) is 5.75 Å². The molecule has 0 saturated heterocycles. The van der Waals surface area contributed by atoms with Crippen molar-refractivity contribution < 1.29 is 14.3 Å². The van der Waals surface area contributed by atoms with Crippen LogP contribution in [0.2, 0.25) is 0 Å². The van der Waals surface area contributed by atoms with Crippen LogP contribution >= 0.6 is 0 Å². The highest BCUT2D eigenvalue weighted by Crippen LogP contribution is 2.28. The molecule has 136 valence electrons. The Morgan fingerprint density at radius 1 is 1.46 bits per heavy atom. The number of hydrogen-bond donors (Lipinski definition) is 3. The van der Waals surface area contributed by atoms with Gasteiger partial charge in [-0.2, -0.15) is 5.10 Å². The van der Waals surface area contributed by atoms with Gasteiger partial charge in [-0.25, -0.2) is 13.9 Å². The van der Waals surface area contributed by atoms with Gasteiger partial charge in [-0.3, -0.25) is 0 Å². The fraction of sp³-hybridized carbons (Fsp3) is 0.235. The van der Waals surface area contributed by atoms with Gasteiger partial charge in [0.15, 0.2) is 11.5 Å². The molecule has 0 amide bonds. The van der Waals surface area contributed by atoms with Crippen LogP contribution in [0, 0.1) is 5.82 Å². The molecule has 0 aliphatic rings. The number of benzene rings is 1. The molecule has 0 unspecified atom stereocenters. The number of anilines is 1. The summed E-state index contributed by atoms with van der Waals surface area (Å²) in [5.74, 6) is 0.716. The van der Waals surface area contributed by atoms with Crippen LogP contribution in [0.3, 0.4) is 0 Å². The predicted octanol–water partition coefficient (Wildman–Crippen LogP) is 2.53. The molecule has 2 heterocycles. The van der Waals surface area contributed by atoms with Crippen molar-refractivity contribution >= 4 is 17.3 Å². The topological polar surface area (TPSA) is 110 Å². The van der Waals surface area contributed by atoms with Crippen LogP contribution in [0.4, 0.5) is 10.2 Å². The Labute approximate surface area is 149 Å². The SMILES string of the molecule is CCOc1ccc(F)cc1[C@@H](C)Nc1ccn2ncc(/C(N)=N/O)c2n1. The molecule has 8 nitrogen and oxygen atoms in total. The molecule has 0 aliphatic heterocycles. The first kappa shape index (κ1) is 17.5. The Bertz CT molecular complexity index is 956. The van der Waals surface area contributed by atoms with Crippen molar-refractivity contribution in [1.82, 2.24) is 14.6 Å². The van der Waals surface area contributed by atoms with Crippen LogP contribution in [0.25, 0.3) is 5.65 Å². The van der Waals surface area contributed by atoms with Crippen molar-refractivity contribution in [3.05, 3.63) is 53.6 Å². The van der Waals surface area contributed by atoms with E-state index in [4.69, 9.17) is 15.7 Å². The standard InChI is InChI=1S/C17H19FN6O2/c1-3-26-14-5-4-11(18)8-12(14)10(2)21-15-6-7-24-17(22-15)13(9-20-24)16(19)23-25/h4-10,25H,3H2,1-2H3,(H2,19,23)(H,21,22)/t10-/m1/s1. The minimum atomic E-state index is -0.342. The van der Waals surface area contributed by atoms with E-state index < -0.39 is 0 Å². The zero-order valence-electron chi connectivity index (χ0n) is 14.3. The quantitative estimate of drug-likeness (QED) is 0.270. The number of amidine groups is 1. The lowest BCUT2D eigenvalue weighted by Crippen LogP contribution is -2.14. The summed E-state index contributed by atoms with van der Waals surface area (Å²) in [4.78, 5) is 4.45. The lowest BCUT2D eigenvalue weighted by atomic mass is 10.1. The van der Waals surface area contributed by atoms with E-state index in [1.807, 2.05) is 13.8 Å². The molecule has 0 aliphatic carbocycles. The molecule has 1 aromatic carbocycles. The smallest absolute Gasteiger partial charge is 0.175 e. The van der Waals surface area contributed by atoms with E-state index in [0.717, 1.165) is 0 Å². The van der Waals surface area contributed by atoms with Crippen molar-refractivity contribution in [2.24, 2.45) is 10.9 Å². The monoisotopic (exact) mass is 358 g/mol. The van der Waals surface area contributed by atoms with Gasteiger partial charge in [0.25, 0.3) is 0 Å². The molecular formula is C17H19FN6O2. The van der Waals surface area contributed by atoms with Crippen molar-refractivity contribution in [2.45, 2.75) is 19.9 Å². The minimum Gasteiger partial charge on any atom is -0.494 e. The first-order chi connectivity index (χ1) is 12.5. The molecule has 2 aromatic heterocycles. The maximum atomic E-state index is 13.7. The predicted molar refractivity (Wildman–Crippen MR) is 95.1 cm³/mol. The molecule has 0 fully saturated rings. The normalized spacial score (nSPS) is 13.0. The summed E-state index contributed by atoms with van der Waals surface area (Å²) in [6.07, 6.45) is 3.16. The summed E-state index contributed by atoms with van der Waals surface area (Å²) in [6, 6.07) is 5.86. The minimum absolute atomic E-state index is 0.0820. The van der Waals surface area contributed by atoms with Gasteiger partial charge in [0.1, 0.15) is 17.4 Å². The summed E-state index contributed by atoms with van der Waals surface area (Å²) in [6.45, 7) is 4.23. The van der Waals surface area contributed by atoms with E-state index in [1.165, 1.54) is 22.8 Å². The van der Waals surface area contributed by atoms with Crippen LogP contribution in [0.1, 0.15) is 31.0 Å². The second kappa shape index (κ2) is 7.26. The molecule has 0 spiro atoms. The number of nitrogens with one attached hydrogen (secondary N) is 1. The van der Waals surface area contributed by atoms with Gasteiger partial charge >= 0.3 is 0 Å².